The van der Waals surface area contributed by atoms with Gasteiger partial charge in [-0.05, 0) is 140 Å². The number of aromatic nitrogens is 3. The van der Waals surface area contributed by atoms with Crippen molar-refractivity contribution in [3.8, 4) is 11.4 Å². The number of rotatable bonds is 26. The number of anilines is 1. The lowest BCUT2D eigenvalue weighted by Gasteiger charge is -2.27. The number of ketones is 1. The van der Waals surface area contributed by atoms with Gasteiger partial charge in [-0.25, -0.2) is 13.5 Å². The SMILES string of the molecule is CCCC1=C(/C=C/C=C/C=C2\N(CCCCCC(=O)NCc3cn(-c4cccc(C(=O)NC(CCCCN)C(=O)COc5c(F)cccc5F)c4)nn3)c3ccc(S(=O)(=O)O)cc3C2(C)C)C(C)(C)c2cc(S(=O)(=O)O)ccc21. The number of nitrogens with one attached hydrogen (secondary N) is 2. The number of para-hydroxylation sites is 1. The largest absolute Gasteiger partial charge is 0.480 e. The monoisotopic (exact) mass is 1120 g/mol. The van der Waals surface area contributed by atoms with Crippen molar-refractivity contribution in [2.45, 2.75) is 126 Å². The second-order valence-corrected chi connectivity index (χ2v) is 23.4. The van der Waals surface area contributed by atoms with Crippen molar-refractivity contribution in [1.29, 1.82) is 0 Å². The quantitative estimate of drug-likeness (QED) is 0.0197. The normalized spacial score (nSPS) is 15.7. The van der Waals surface area contributed by atoms with Crippen LogP contribution in [0.5, 0.6) is 5.75 Å². The molecule has 1 atom stereocenters. The molecule has 5 aromatic rings. The van der Waals surface area contributed by atoms with Crippen molar-refractivity contribution < 1.29 is 53.8 Å². The molecular formula is C58H67F2N7O10S2. The van der Waals surface area contributed by atoms with E-state index in [1.807, 2.05) is 58.1 Å². The van der Waals surface area contributed by atoms with Gasteiger partial charge in [0.25, 0.3) is 26.1 Å². The number of benzene rings is 4. The molecule has 4 aromatic carbocycles. The van der Waals surface area contributed by atoms with Crippen molar-refractivity contribution in [2.24, 2.45) is 5.73 Å². The number of ether oxygens (including phenoxy) is 1. The lowest BCUT2D eigenvalue weighted by molar-refractivity contribution is -0.123. The van der Waals surface area contributed by atoms with Crippen LogP contribution in [-0.2, 0) is 47.2 Å². The van der Waals surface area contributed by atoms with Crippen molar-refractivity contribution in [2.75, 3.05) is 24.6 Å². The molecular weight excluding hydrogens is 1060 g/mol. The van der Waals surface area contributed by atoms with E-state index in [0.29, 0.717) is 56.6 Å². The highest BCUT2D eigenvalue weighted by atomic mass is 32.2. The van der Waals surface area contributed by atoms with Gasteiger partial charge in [0, 0.05) is 40.7 Å². The molecule has 2 heterocycles. The summed E-state index contributed by atoms with van der Waals surface area (Å²) in [5, 5.41) is 14.0. The molecule has 0 saturated heterocycles. The summed E-state index contributed by atoms with van der Waals surface area (Å²) in [6.45, 7) is 10.5. The zero-order chi connectivity index (χ0) is 57.3. The van der Waals surface area contributed by atoms with Crippen molar-refractivity contribution in [3.05, 3.63) is 166 Å². The number of nitrogens with two attached hydrogens (primary N) is 1. The Morgan fingerprint density at radius 3 is 2.22 bits per heavy atom. The summed E-state index contributed by atoms with van der Waals surface area (Å²) >= 11 is 0. The van der Waals surface area contributed by atoms with E-state index < -0.39 is 72.8 Å². The van der Waals surface area contributed by atoms with Gasteiger partial charge in [-0.2, -0.15) is 16.8 Å². The predicted octanol–water partition coefficient (Wildman–Crippen LogP) is 9.43. The number of allylic oxidation sites excluding steroid dienone is 8. The van der Waals surface area contributed by atoms with Gasteiger partial charge in [-0.15, -0.1) is 5.10 Å². The number of carbonyl (C=O) groups excluding carboxylic acids is 3. The Kier molecular flexibility index (Phi) is 19.1. The van der Waals surface area contributed by atoms with Gasteiger partial charge in [0.1, 0.15) is 12.3 Å². The van der Waals surface area contributed by atoms with Crippen LogP contribution in [0, 0.1) is 11.6 Å². The van der Waals surface area contributed by atoms with Crippen LogP contribution in [0.15, 0.2) is 137 Å². The molecule has 2 aliphatic rings. The van der Waals surface area contributed by atoms with Gasteiger partial charge in [-0.3, -0.25) is 23.5 Å². The Balaban J connectivity index is 0.942. The third kappa shape index (κ3) is 14.2. The number of hydrogen-bond acceptors (Lipinski definition) is 12. The molecule has 21 heteroatoms. The van der Waals surface area contributed by atoms with Crippen LogP contribution in [-0.4, -0.2) is 84.3 Å². The Bertz CT molecular complexity index is 3440. The fourth-order valence-corrected chi connectivity index (χ4v) is 11.1. The summed E-state index contributed by atoms with van der Waals surface area (Å²) in [6, 6.07) is 18.0. The van der Waals surface area contributed by atoms with Crippen LogP contribution in [0.25, 0.3) is 11.3 Å². The predicted molar refractivity (Wildman–Crippen MR) is 297 cm³/mol. The average Bonchev–Trinajstić information content (AvgIpc) is 4.21. The van der Waals surface area contributed by atoms with Crippen LogP contribution in [0.2, 0.25) is 0 Å². The molecule has 2 amide bonds. The number of halogens is 2. The first kappa shape index (κ1) is 59.5. The van der Waals surface area contributed by atoms with Gasteiger partial charge in [0.05, 0.1) is 34.3 Å². The Hall–Kier alpha value is -7.17. The Morgan fingerprint density at radius 2 is 1.52 bits per heavy atom. The van der Waals surface area contributed by atoms with E-state index in [-0.39, 0.29) is 40.6 Å². The highest BCUT2D eigenvalue weighted by Crippen LogP contribution is 2.50. The molecule has 1 aliphatic heterocycles. The average molecular weight is 1120 g/mol. The van der Waals surface area contributed by atoms with E-state index in [1.54, 1.807) is 48.7 Å². The number of amides is 2. The minimum absolute atomic E-state index is 0.0906. The summed E-state index contributed by atoms with van der Waals surface area (Å²) in [7, 11) is -8.86. The van der Waals surface area contributed by atoms with Crippen molar-refractivity contribution >= 4 is 49.1 Å². The van der Waals surface area contributed by atoms with Gasteiger partial charge in [0.15, 0.2) is 23.2 Å². The molecule has 420 valence electrons. The summed E-state index contributed by atoms with van der Waals surface area (Å²) in [5.74, 6) is -3.95. The van der Waals surface area contributed by atoms with Crippen molar-refractivity contribution in [1.82, 2.24) is 25.6 Å². The van der Waals surface area contributed by atoms with E-state index in [0.717, 1.165) is 64.2 Å². The first-order valence-electron chi connectivity index (χ1n) is 26.2. The third-order valence-corrected chi connectivity index (χ3v) is 16.0. The molecule has 6 N–H and O–H groups in total. The van der Waals surface area contributed by atoms with E-state index in [2.05, 4.69) is 32.8 Å². The number of unbranched alkanes of at least 4 members (excludes halogenated alkanes) is 3. The highest BCUT2D eigenvalue weighted by molar-refractivity contribution is 7.86. The summed E-state index contributed by atoms with van der Waals surface area (Å²) < 4.78 is 103. The summed E-state index contributed by atoms with van der Waals surface area (Å²) in [4.78, 5) is 41.4. The highest BCUT2D eigenvalue weighted by Gasteiger charge is 2.41. The molecule has 0 fully saturated rings. The fraction of sp³-hybridized carbons (Fsp3) is 0.362. The molecule has 1 aliphatic carbocycles. The van der Waals surface area contributed by atoms with Gasteiger partial charge in [0.2, 0.25) is 5.91 Å². The van der Waals surface area contributed by atoms with E-state index in [9.17, 15) is 49.1 Å². The third-order valence-electron chi connectivity index (χ3n) is 14.3. The number of fused-ring (bicyclic) bond motifs is 2. The van der Waals surface area contributed by atoms with Crippen molar-refractivity contribution in [3.63, 3.8) is 0 Å². The van der Waals surface area contributed by atoms with Gasteiger partial charge >= 0.3 is 0 Å². The first-order valence-corrected chi connectivity index (χ1v) is 29.0. The zero-order valence-corrected chi connectivity index (χ0v) is 46.5. The second kappa shape index (κ2) is 25.3. The molecule has 7 rings (SSSR count). The Labute approximate surface area is 460 Å². The topological polar surface area (TPSA) is 253 Å². The summed E-state index contributed by atoms with van der Waals surface area (Å²) in [5.41, 5.74) is 12.0. The maximum atomic E-state index is 14.1. The lowest BCUT2D eigenvalue weighted by atomic mass is 9.81. The second-order valence-electron chi connectivity index (χ2n) is 20.6. The number of Topliss-reactive ketones (excluding diaryl/α,β-unsaturated/α-hetero) is 1. The van der Waals surface area contributed by atoms with Crippen LogP contribution < -0.4 is 26.0 Å². The minimum atomic E-state index is -4.48. The maximum Gasteiger partial charge on any atom is 0.294 e. The van der Waals surface area contributed by atoms with Crippen LogP contribution in [0.1, 0.15) is 125 Å². The molecule has 0 bridgehead atoms. The number of nitrogens with zero attached hydrogens (tertiary/aromatic N) is 4. The number of carbonyl (C=O) groups is 3. The smallest absolute Gasteiger partial charge is 0.294 e. The summed E-state index contributed by atoms with van der Waals surface area (Å²) in [6.07, 6.45) is 16.5. The molecule has 79 heavy (non-hydrogen) atoms. The first-order chi connectivity index (χ1) is 37.4. The van der Waals surface area contributed by atoms with E-state index in [4.69, 9.17) is 10.5 Å². The molecule has 0 saturated carbocycles. The zero-order valence-electron chi connectivity index (χ0n) is 44.8. The minimum Gasteiger partial charge on any atom is -0.480 e. The lowest BCUT2D eigenvalue weighted by Crippen LogP contribution is -2.43. The van der Waals surface area contributed by atoms with Gasteiger partial charge in [-0.1, -0.05) is 95.2 Å². The maximum absolute atomic E-state index is 14.1. The van der Waals surface area contributed by atoms with Gasteiger partial charge < -0.3 is 26.0 Å². The van der Waals surface area contributed by atoms with Crippen LogP contribution in [0.3, 0.4) is 0 Å². The molecule has 17 nitrogen and oxygen atoms in total. The molecule has 1 unspecified atom stereocenters. The van der Waals surface area contributed by atoms with Crippen LogP contribution >= 0.6 is 0 Å². The van der Waals surface area contributed by atoms with E-state index in [1.165, 1.54) is 28.9 Å². The molecule has 0 radical (unpaired) electrons. The van der Waals surface area contributed by atoms with E-state index >= 15 is 0 Å². The number of hydrogen-bond donors (Lipinski definition) is 5. The van der Waals surface area contributed by atoms with Crippen LogP contribution in [0.4, 0.5) is 14.5 Å². The fourth-order valence-electron chi connectivity index (χ4n) is 10.1. The molecule has 0 spiro atoms. The standard InChI is InChI=1S/C58H67F2N7O10S2/c1-6-17-43-44-28-26-41(78(71,72)73)33-46(44)57(2,3)45(43)20-9-7-10-24-53-58(4,5)47-34-42(79(74,75)76)27-29-51(47)66(53)31-14-8-11-25-54(69)62-35-39-36-67(65-64-39)40-19-15-18-38(32-40)56(70)63-50(23-12-13-30-61)52(68)37-77-55-48(59)21-16-22-49(55)60/h7,9-10,15-16,18-22,24,26-29,32-34,36,50H,6,8,11-14,17,23,25,30-31,35,37,61H2,1-5H3,(H,62,69)(H,63,70)(H,71,72,73)(H,74,75,76)/b10-7+,20-9+,53-24-. The Morgan fingerprint density at radius 1 is 0.823 bits per heavy atom. The molecule has 1 aromatic heterocycles.